The Morgan fingerprint density at radius 1 is 1.28 bits per heavy atom. The molecular formula is C12H9ClF2N2O. The number of anilines is 1. The van der Waals surface area contributed by atoms with Crippen LogP contribution in [0.15, 0.2) is 30.5 Å². The summed E-state index contributed by atoms with van der Waals surface area (Å²) < 4.78 is 27.0. The predicted molar refractivity (Wildman–Crippen MR) is 64.1 cm³/mol. The van der Waals surface area contributed by atoms with Crippen molar-refractivity contribution in [3.63, 3.8) is 0 Å². The lowest BCUT2D eigenvalue weighted by atomic mass is 10.0. The fraction of sp³-hybridized carbons (Fsp3) is 0.0833. The van der Waals surface area contributed by atoms with E-state index in [-0.39, 0.29) is 16.4 Å². The third-order valence-corrected chi connectivity index (χ3v) is 2.69. The molecule has 1 atom stereocenters. The zero-order chi connectivity index (χ0) is 13.3. The number of aromatic nitrogens is 1. The molecule has 1 heterocycles. The van der Waals surface area contributed by atoms with Gasteiger partial charge in [0.2, 0.25) is 0 Å². The van der Waals surface area contributed by atoms with Gasteiger partial charge in [-0.25, -0.2) is 13.8 Å². The molecule has 0 fully saturated rings. The first-order chi connectivity index (χ1) is 8.50. The molecule has 94 valence electrons. The average Bonchev–Trinajstić information content (AvgIpc) is 2.32. The minimum absolute atomic E-state index is 0.0328. The van der Waals surface area contributed by atoms with Gasteiger partial charge in [-0.2, -0.15) is 0 Å². The largest absolute Gasteiger partial charge is 0.383 e. The van der Waals surface area contributed by atoms with E-state index < -0.39 is 23.3 Å². The molecule has 0 bridgehead atoms. The fourth-order valence-electron chi connectivity index (χ4n) is 1.61. The lowest BCUT2D eigenvalue weighted by molar-refractivity contribution is 0.209. The monoisotopic (exact) mass is 270 g/mol. The van der Waals surface area contributed by atoms with Crippen LogP contribution in [0.1, 0.15) is 17.2 Å². The highest BCUT2D eigenvalue weighted by Gasteiger charge is 2.22. The highest BCUT2D eigenvalue weighted by atomic mass is 35.5. The molecular weight excluding hydrogens is 262 g/mol. The second kappa shape index (κ2) is 4.88. The predicted octanol–water partition coefficient (Wildman–Crippen LogP) is 2.68. The van der Waals surface area contributed by atoms with Crippen LogP contribution in [0.4, 0.5) is 14.6 Å². The second-order valence-electron chi connectivity index (χ2n) is 3.67. The van der Waals surface area contributed by atoms with Crippen LogP contribution in [0.3, 0.4) is 0 Å². The maximum Gasteiger partial charge on any atom is 0.132 e. The lowest BCUT2D eigenvalue weighted by Crippen LogP contribution is -2.09. The Morgan fingerprint density at radius 2 is 1.89 bits per heavy atom. The van der Waals surface area contributed by atoms with Crippen LogP contribution in [0.25, 0.3) is 0 Å². The molecule has 1 aromatic carbocycles. The zero-order valence-electron chi connectivity index (χ0n) is 9.07. The van der Waals surface area contributed by atoms with Crippen LogP contribution in [-0.4, -0.2) is 10.1 Å². The van der Waals surface area contributed by atoms with E-state index in [0.717, 1.165) is 12.1 Å². The van der Waals surface area contributed by atoms with E-state index in [9.17, 15) is 13.9 Å². The summed E-state index contributed by atoms with van der Waals surface area (Å²) in [6.45, 7) is 0. The Hall–Kier alpha value is -1.72. The number of pyridine rings is 1. The third kappa shape index (κ3) is 2.27. The minimum Gasteiger partial charge on any atom is -0.383 e. The Bertz CT molecular complexity index is 572. The number of nitrogen functional groups attached to an aromatic ring is 1. The van der Waals surface area contributed by atoms with Crippen LogP contribution in [-0.2, 0) is 0 Å². The molecule has 0 aliphatic carbocycles. The van der Waals surface area contributed by atoms with Gasteiger partial charge in [0.25, 0.3) is 0 Å². The van der Waals surface area contributed by atoms with Crippen LogP contribution in [0, 0.1) is 11.6 Å². The molecule has 0 spiro atoms. The van der Waals surface area contributed by atoms with Crippen molar-refractivity contribution in [1.82, 2.24) is 4.98 Å². The van der Waals surface area contributed by atoms with Crippen molar-refractivity contribution in [1.29, 1.82) is 0 Å². The summed E-state index contributed by atoms with van der Waals surface area (Å²) in [7, 11) is 0. The van der Waals surface area contributed by atoms with Crippen LogP contribution >= 0.6 is 11.6 Å². The van der Waals surface area contributed by atoms with Gasteiger partial charge in [-0.05, 0) is 18.2 Å². The molecule has 2 rings (SSSR count). The highest BCUT2D eigenvalue weighted by molar-refractivity contribution is 6.30. The first-order valence-corrected chi connectivity index (χ1v) is 5.41. The molecule has 0 amide bonds. The molecule has 3 nitrogen and oxygen atoms in total. The number of aliphatic hydroxyl groups is 1. The maximum atomic E-state index is 13.5. The number of hydrogen-bond acceptors (Lipinski definition) is 3. The number of halogens is 3. The molecule has 0 saturated heterocycles. The standard InChI is InChI=1S/C12H9ClF2N2O/c13-6-4-7(12(16)17-5-6)11(18)10-8(14)2-1-3-9(10)15/h1-5,11,18H,(H2,16,17). The maximum absolute atomic E-state index is 13.5. The van der Waals surface area contributed by atoms with Gasteiger partial charge in [0.05, 0.1) is 10.6 Å². The van der Waals surface area contributed by atoms with E-state index in [1.54, 1.807) is 0 Å². The Morgan fingerprint density at radius 3 is 2.50 bits per heavy atom. The summed E-state index contributed by atoms with van der Waals surface area (Å²) in [5.74, 6) is -1.75. The summed E-state index contributed by atoms with van der Waals surface area (Å²) in [5.41, 5.74) is 5.14. The molecule has 1 aromatic heterocycles. The van der Waals surface area contributed by atoms with Crippen LogP contribution in [0.5, 0.6) is 0 Å². The summed E-state index contributed by atoms with van der Waals surface area (Å²) >= 11 is 5.71. The zero-order valence-corrected chi connectivity index (χ0v) is 9.83. The summed E-state index contributed by atoms with van der Waals surface area (Å²) in [6.07, 6.45) is -0.275. The Kier molecular flexibility index (Phi) is 3.45. The van der Waals surface area contributed by atoms with Crippen molar-refractivity contribution in [3.8, 4) is 0 Å². The quantitative estimate of drug-likeness (QED) is 0.882. The van der Waals surface area contributed by atoms with Crippen molar-refractivity contribution in [2.24, 2.45) is 0 Å². The molecule has 18 heavy (non-hydrogen) atoms. The van der Waals surface area contributed by atoms with Crippen molar-refractivity contribution in [2.75, 3.05) is 5.73 Å². The van der Waals surface area contributed by atoms with Crippen molar-refractivity contribution in [2.45, 2.75) is 6.10 Å². The molecule has 6 heteroatoms. The summed E-state index contributed by atoms with van der Waals surface area (Å²) in [6, 6.07) is 4.63. The van der Waals surface area contributed by atoms with Crippen molar-refractivity contribution < 1.29 is 13.9 Å². The van der Waals surface area contributed by atoms with Gasteiger partial charge in [0, 0.05) is 11.8 Å². The summed E-state index contributed by atoms with van der Waals surface area (Å²) in [4.78, 5) is 3.73. The molecule has 2 aromatic rings. The SMILES string of the molecule is Nc1ncc(Cl)cc1C(O)c1c(F)cccc1F. The van der Waals surface area contributed by atoms with Gasteiger partial charge < -0.3 is 10.8 Å². The first-order valence-electron chi connectivity index (χ1n) is 5.03. The van der Waals surface area contributed by atoms with Gasteiger partial charge in [0.15, 0.2) is 0 Å². The number of nitrogens with zero attached hydrogens (tertiary/aromatic N) is 1. The lowest BCUT2D eigenvalue weighted by Gasteiger charge is -2.14. The van der Waals surface area contributed by atoms with Crippen LogP contribution < -0.4 is 5.73 Å². The molecule has 0 saturated carbocycles. The minimum atomic E-state index is -1.56. The summed E-state index contributed by atoms with van der Waals surface area (Å²) in [5, 5.41) is 10.2. The molecule has 1 unspecified atom stereocenters. The topological polar surface area (TPSA) is 59.1 Å². The molecule has 0 radical (unpaired) electrons. The van der Waals surface area contributed by atoms with Gasteiger partial charge in [0.1, 0.15) is 23.6 Å². The molecule has 0 aliphatic heterocycles. The van der Waals surface area contributed by atoms with Gasteiger partial charge in [-0.15, -0.1) is 0 Å². The molecule has 0 aliphatic rings. The number of benzene rings is 1. The van der Waals surface area contributed by atoms with Crippen molar-refractivity contribution in [3.05, 3.63) is 58.2 Å². The van der Waals surface area contributed by atoms with E-state index in [2.05, 4.69) is 4.98 Å². The van der Waals surface area contributed by atoms with Crippen molar-refractivity contribution >= 4 is 17.4 Å². The van der Waals surface area contributed by atoms with E-state index in [1.165, 1.54) is 18.3 Å². The number of rotatable bonds is 2. The Balaban J connectivity index is 2.54. The van der Waals surface area contributed by atoms with Gasteiger partial charge >= 0.3 is 0 Å². The second-order valence-corrected chi connectivity index (χ2v) is 4.10. The number of aliphatic hydroxyl groups excluding tert-OH is 1. The molecule has 3 N–H and O–H groups in total. The van der Waals surface area contributed by atoms with Gasteiger partial charge in [-0.1, -0.05) is 17.7 Å². The Labute approximate surface area is 107 Å². The first kappa shape index (κ1) is 12.7. The van der Waals surface area contributed by atoms with E-state index in [0.29, 0.717) is 0 Å². The third-order valence-electron chi connectivity index (χ3n) is 2.48. The normalized spacial score (nSPS) is 12.4. The van der Waals surface area contributed by atoms with Gasteiger partial charge in [-0.3, -0.25) is 0 Å². The van der Waals surface area contributed by atoms with E-state index in [1.807, 2.05) is 0 Å². The fourth-order valence-corrected chi connectivity index (χ4v) is 1.78. The average molecular weight is 271 g/mol. The number of hydrogen-bond donors (Lipinski definition) is 2. The number of nitrogens with two attached hydrogens (primary N) is 1. The van der Waals surface area contributed by atoms with E-state index >= 15 is 0 Å². The highest BCUT2D eigenvalue weighted by Crippen LogP contribution is 2.30. The van der Waals surface area contributed by atoms with E-state index in [4.69, 9.17) is 17.3 Å². The van der Waals surface area contributed by atoms with Crippen LogP contribution in [0.2, 0.25) is 5.02 Å². The smallest absolute Gasteiger partial charge is 0.132 e.